The van der Waals surface area contributed by atoms with Crippen LogP contribution in [0.2, 0.25) is 0 Å². The minimum Gasteiger partial charge on any atom is -0.497 e. The van der Waals surface area contributed by atoms with E-state index in [0.717, 1.165) is 17.0 Å². The monoisotopic (exact) mass is 283 g/mol. The molecular formula is C16H17N3O2. The van der Waals surface area contributed by atoms with E-state index in [-0.39, 0.29) is 5.91 Å². The average Bonchev–Trinajstić information content (AvgIpc) is 2.54. The molecule has 21 heavy (non-hydrogen) atoms. The third-order valence-corrected chi connectivity index (χ3v) is 2.89. The molecule has 0 spiro atoms. The lowest BCUT2D eigenvalue weighted by Gasteiger charge is -2.04. The molecular weight excluding hydrogens is 266 g/mol. The van der Waals surface area contributed by atoms with Gasteiger partial charge in [-0.1, -0.05) is 12.1 Å². The van der Waals surface area contributed by atoms with Crippen LogP contribution in [0.4, 0.5) is 0 Å². The van der Waals surface area contributed by atoms with Crippen LogP contribution in [0.3, 0.4) is 0 Å². The molecule has 0 unspecified atom stereocenters. The summed E-state index contributed by atoms with van der Waals surface area (Å²) in [5.74, 6) is 0.551. The van der Waals surface area contributed by atoms with Crippen LogP contribution < -0.4 is 10.2 Å². The van der Waals surface area contributed by atoms with Gasteiger partial charge in [-0.05, 0) is 36.8 Å². The fraction of sp³-hybridized carbons (Fsp3) is 0.188. The maximum atomic E-state index is 11.8. The zero-order valence-electron chi connectivity index (χ0n) is 12.0. The molecule has 5 heteroatoms. The van der Waals surface area contributed by atoms with Crippen molar-refractivity contribution >= 4 is 11.6 Å². The van der Waals surface area contributed by atoms with Crippen molar-refractivity contribution in [1.29, 1.82) is 0 Å². The van der Waals surface area contributed by atoms with Gasteiger partial charge in [-0.15, -0.1) is 0 Å². The molecule has 1 amide bonds. The largest absolute Gasteiger partial charge is 0.497 e. The van der Waals surface area contributed by atoms with Gasteiger partial charge in [0.05, 0.1) is 12.7 Å². The highest BCUT2D eigenvalue weighted by atomic mass is 16.5. The number of nitrogens with zero attached hydrogens (tertiary/aromatic N) is 2. The number of methoxy groups -OCH3 is 1. The van der Waals surface area contributed by atoms with Crippen LogP contribution in [0.1, 0.15) is 22.8 Å². The summed E-state index contributed by atoms with van der Waals surface area (Å²) in [6.07, 6.45) is 3.79. The first-order valence-electron chi connectivity index (χ1n) is 6.55. The van der Waals surface area contributed by atoms with Crippen molar-refractivity contribution in [2.45, 2.75) is 13.3 Å². The maximum Gasteiger partial charge on any atom is 0.272 e. The van der Waals surface area contributed by atoms with Gasteiger partial charge < -0.3 is 4.74 Å². The molecule has 0 aliphatic carbocycles. The first-order valence-corrected chi connectivity index (χ1v) is 6.55. The Morgan fingerprint density at radius 3 is 2.67 bits per heavy atom. The fourth-order valence-corrected chi connectivity index (χ4v) is 1.79. The second-order valence-electron chi connectivity index (χ2n) is 4.55. The van der Waals surface area contributed by atoms with Crippen molar-refractivity contribution in [3.63, 3.8) is 0 Å². The number of pyridine rings is 1. The SMILES string of the molecule is COc1ccc(C/C(C)=N\NC(=O)c2cccnc2)cc1. The Labute approximate surface area is 123 Å². The molecule has 0 radical (unpaired) electrons. The summed E-state index contributed by atoms with van der Waals surface area (Å²) < 4.78 is 5.11. The molecule has 0 fully saturated rings. The van der Waals surface area contributed by atoms with Gasteiger partial charge in [-0.25, -0.2) is 5.43 Å². The van der Waals surface area contributed by atoms with Crippen LogP contribution in [0.5, 0.6) is 5.75 Å². The third kappa shape index (κ3) is 4.42. The zero-order chi connectivity index (χ0) is 15.1. The Morgan fingerprint density at radius 2 is 2.05 bits per heavy atom. The number of aromatic nitrogens is 1. The van der Waals surface area contributed by atoms with Crippen molar-refractivity contribution in [3.8, 4) is 5.75 Å². The number of hydrogen-bond acceptors (Lipinski definition) is 4. The number of amides is 1. The summed E-state index contributed by atoms with van der Waals surface area (Å²) in [6.45, 7) is 1.87. The highest BCUT2D eigenvalue weighted by Gasteiger charge is 2.04. The van der Waals surface area contributed by atoms with E-state index >= 15 is 0 Å². The Hall–Kier alpha value is -2.69. The van der Waals surface area contributed by atoms with E-state index in [1.165, 1.54) is 6.20 Å². The number of nitrogens with one attached hydrogen (secondary N) is 1. The third-order valence-electron chi connectivity index (χ3n) is 2.89. The molecule has 0 saturated heterocycles. The molecule has 1 heterocycles. The smallest absolute Gasteiger partial charge is 0.272 e. The first-order chi connectivity index (χ1) is 10.2. The molecule has 1 aromatic heterocycles. The molecule has 108 valence electrons. The topological polar surface area (TPSA) is 63.6 Å². The molecule has 0 saturated carbocycles. The molecule has 2 aromatic rings. The van der Waals surface area contributed by atoms with Crippen molar-refractivity contribution in [2.24, 2.45) is 5.10 Å². The van der Waals surface area contributed by atoms with Crippen molar-refractivity contribution in [2.75, 3.05) is 7.11 Å². The summed E-state index contributed by atoms with van der Waals surface area (Å²) in [5.41, 5.74) is 4.93. The van der Waals surface area contributed by atoms with E-state index in [4.69, 9.17) is 4.74 Å². The Morgan fingerprint density at radius 1 is 1.29 bits per heavy atom. The Kier molecular flexibility index (Phi) is 5.04. The second-order valence-corrected chi connectivity index (χ2v) is 4.55. The van der Waals surface area contributed by atoms with E-state index in [2.05, 4.69) is 15.5 Å². The summed E-state index contributed by atoms with van der Waals surface area (Å²) >= 11 is 0. The van der Waals surface area contributed by atoms with Gasteiger partial charge in [-0.3, -0.25) is 9.78 Å². The van der Waals surface area contributed by atoms with Gasteiger partial charge in [-0.2, -0.15) is 5.10 Å². The van der Waals surface area contributed by atoms with Crippen molar-refractivity contribution < 1.29 is 9.53 Å². The minimum atomic E-state index is -0.266. The number of benzene rings is 1. The molecule has 1 aromatic carbocycles. The predicted molar refractivity (Wildman–Crippen MR) is 81.5 cm³/mol. The second kappa shape index (κ2) is 7.19. The fourth-order valence-electron chi connectivity index (χ4n) is 1.79. The Bertz CT molecular complexity index is 622. The minimum absolute atomic E-state index is 0.266. The van der Waals surface area contributed by atoms with Crippen LogP contribution >= 0.6 is 0 Å². The number of carbonyl (C=O) groups excluding carboxylic acids is 1. The van der Waals surface area contributed by atoms with Crippen molar-refractivity contribution in [3.05, 3.63) is 59.9 Å². The van der Waals surface area contributed by atoms with E-state index in [1.54, 1.807) is 25.4 Å². The summed E-state index contributed by atoms with van der Waals surface area (Å²) in [6, 6.07) is 11.1. The number of hydrogen-bond donors (Lipinski definition) is 1. The van der Waals surface area contributed by atoms with Gasteiger partial charge in [0, 0.05) is 24.5 Å². The maximum absolute atomic E-state index is 11.8. The van der Waals surface area contributed by atoms with Crippen molar-refractivity contribution in [1.82, 2.24) is 10.4 Å². The van der Waals surface area contributed by atoms with Crippen LogP contribution in [0, 0.1) is 0 Å². The number of carbonyl (C=O) groups is 1. The van der Waals surface area contributed by atoms with Crippen LogP contribution in [-0.2, 0) is 6.42 Å². The number of hydrazone groups is 1. The highest BCUT2D eigenvalue weighted by molar-refractivity contribution is 5.95. The zero-order valence-corrected chi connectivity index (χ0v) is 12.0. The molecule has 2 rings (SSSR count). The molecule has 0 aliphatic rings. The van der Waals surface area contributed by atoms with Crippen LogP contribution in [0.15, 0.2) is 53.9 Å². The van der Waals surface area contributed by atoms with Crippen LogP contribution in [-0.4, -0.2) is 23.7 Å². The molecule has 0 aliphatic heterocycles. The van der Waals surface area contributed by atoms with E-state index in [0.29, 0.717) is 12.0 Å². The lowest BCUT2D eigenvalue weighted by molar-refractivity contribution is 0.0954. The standard InChI is InChI=1S/C16H17N3O2/c1-12(10-13-5-7-15(21-2)8-6-13)18-19-16(20)14-4-3-9-17-11-14/h3-9,11H,10H2,1-2H3,(H,19,20)/b18-12-. The van der Waals surface area contributed by atoms with E-state index < -0.39 is 0 Å². The van der Waals surface area contributed by atoms with Gasteiger partial charge in [0.15, 0.2) is 0 Å². The van der Waals surface area contributed by atoms with Crippen LogP contribution in [0.25, 0.3) is 0 Å². The summed E-state index contributed by atoms with van der Waals surface area (Å²) in [4.78, 5) is 15.7. The first kappa shape index (κ1) is 14.7. The highest BCUT2D eigenvalue weighted by Crippen LogP contribution is 2.11. The van der Waals surface area contributed by atoms with Gasteiger partial charge >= 0.3 is 0 Å². The van der Waals surface area contributed by atoms with E-state index in [1.807, 2.05) is 31.2 Å². The normalized spacial score (nSPS) is 11.0. The quantitative estimate of drug-likeness (QED) is 0.677. The number of rotatable bonds is 5. The number of ether oxygens (including phenoxy) is 1. The lowest BCUT2D eigenvalue weighted by atomic mass is 10.1. The summed E-state index contributed by atoms with van der Waals surface area (Å²) in [7, 11) is 1.63. The van der Waals surface area contributed by atoms with Gasteiger partial charge in [0.1, 0.15) is 5.75 Å². The molecule has 0 atom stereocenters. The summed E-state index contributed by atoms with van der Waals surface area (Å²) in [5, 5.41) is 4.10. The Balaban J connectivity index is 1.93. The lowest BCUT2D eigenvalue weighted by Crippen LogP contribution is -2.19. The van der Waals surface area contributed by atoms with Gasteiger partial charge in [0.25, 0.3) is 5.91 Å². The van der Waals surface area contributed by atoms with Gasteiger partial charge in [0.2, 0.25) is 0 Å². The molecule has 5 nitrogen and oxygen atoms in total. The molecule has 1 N–H and O–H groups in total. The van der Waals surface area contributed by atoms with E-state index in [9.17, 15) is 4.79 Å². The molecule has 0 bridgehead atoms. The average molecular weight is 283 g/mol. The predicted octanol–water partition coefficient (Wildman–Crippen LogP) is 2.44.